The first-order valence-corrected chi connectivity index (χ1v) is 47.5. The van der Waals surface area contributed by atoms with Crippen LogP contribution in [0.5, 0.6) is 17.2 Å². The summed E-state index contributed by atoms with van der Waals surface area (Å²) in [6.07, 6.45) is 5.82. The number of Topliss-reactive ketones (excluding diaryl/α,β-unsaturated/α-hetero) is 3. The van der Waals surface area contributed by atoms with E-state index in [9.17, 15) is 55.0 Å². The van der Waals surface area contributed by atoms with Gasteiger partial charge in [0.1, 0.15) is 17.3 Å². The molecule has 9 rings (SSSR count). The quantitative estimate of drug-likeness (QED) is 0.0302. The third-order valence-corrected chi connectivity index (χ3v) is 29.2. The summed E-state index contributed by atoms with van der Waals surface area (Å²) in [5, 5.41) is 8.00. The van der Waals surface area contributed by atoms with Crippen LogP contribution in [0.2, 0.25) is 0 Å². The largest absolute Gasteiger partial charge is 0.493 e. The van der Waals surface area contributed by atoms with Gasteiger partial charge in [0.25, 0.3) is 43.9 Å². The fraction of sp³-hybridized carbons (Fsp3) is 0.648. The number of hydrazine groups is 1. The molecule has 0 aromatic heterocycles. The van der Waals surface area contributed by atoms with Crippen LogP contribution in [-0.4, -0.2) is 263 Å². The fourth-order valence-corrected chi connectivity index (χ4v) is 22.1. The molecule has 0 bridgehead atoms. The number of hydrogen-bond acceptors (Lipinski definition) is 23. The second-order valence-electron chi connectivity index (χ2n) is 34.3. The highest BCUT2D eigenvalue weighted by Gasteiger charge is 2.50. The molecule has 28 nitrogen and oxygen atoms in total. The summed E-state index contributed by atoms with van der Waals surface area (Å²) in [5.74, 6) is -5.38. The van der Waals surface area contributed by atoms with Crippen LogP contribution in [0, 0.1) is 60.2 Å². The number of methoxy groups -OCH3 is 3. The summed E-state index contributed by atoms with van der Waals surface area (Å²) in [6, 6.07) is 13.2. The van der Waals surface area contributed by atoms with E-state index in [1.165, 1.54) is 64.8 Å². The number of likely N-dealkylation sites (N-methyl/N-ethyl adjacent to an activating group) is 2. The normalized spacial score (nSPS) is 23.0. The first kappa shape index (κ1) is 96.4. The fourth-order valence-electron chi connectivity index (χ4n) is 18.7. The maximum atomic E-state index is 15.1. The zero-order chi connectivity index (χ0) is 87.8. The smallest absolute Gasteiger partial charge is 0.290 e. The Hall–Kier alpha value is -7.43. The Kier molecular flexibility index (Phi) is 35.1. The van der Waals surface area contributed by atoms with Gasteiger partial charge >= 0.3 is 0 Å². The van der Waals surface area contributed by atoms with Crippen LogP contribution in [0.15, 0.2) is 77.6 Å². The molecule has 120 heavy (non-hydrogen) atoms. The van der Waals surface area contributed by atoms with E-state index < -0.39 is 109 Å². The average molecular weight is 1750 g/mol. The van der Waals surface area contributed by atoms with Crippen LogP contribution in [-0.2, 0) is 80.3 Å². The highest BCUT2D eigenvalue weighted by molar-refractivity contribution is 8.18. The predicted molar refractivity (Wildman–Crippen MR) is 463 cm³/mol. The minimum Gasteiger partial charge on any atom is -0.493 e. The monoisotopic (exact) mass is 1740 g/mol. The van der Waals surface area contributed by atoms with Gasteiger partial charge in [0.05, 0.1) is 87.2 Å². The topological polar surface area (TPSA) is 332 Å². The number of hydrogen-bond donors (Lipinski definition) is 2. The Morgan fingerprint density at radius 1 is 0.717 bits per heavy atom. The van der Waals surface area contributed by atoms with Gasteiger partial charge in [-0.15, -0.1) is 23.5 Å². The number of carbonyl (C=O) groups is 9. The van der Waals surface area contributed by atoms with Gasteiger partial charge < -0.3 is 48.6 Å². The standard InChI is InChI=1S/C88H128N8O20S4/c1-17-57(7)83(91(12)86(103)65(54(2)3)46-74(99)82(55(4)5)90(10)11)78(112-14)49-81(102)92-32-24-27-69(92)84(113-15)59(9)73(98)44-63(41-60-25-20-18-21-26-60)72(97)29-34-96-80(101)31-38-118-53-117-37-30-79(100)95(96)33-28-61-42-71-85(120(109,110)114-16)89-68-48-75(58(8)40-67(68)88(105)94(71)51-61)115-35-22-19-23-36-116-77-45-62-43-64(52-119(106,107)108)70-39-56(6)50-93(70)87(104)66(62)47-76(77)111-13/h18,20-21,25-26,30-31,37-38,40,45,47-48,54-57,59,61,63-65,69-71,78,82-85,89H,17,19,22-24,27-29,32-36,39,41-44,46,49-53H2,1-16H3,(H,106,107,108)/b37-30+,38-31+/t56?,57?,59-,61?,63+,64?,65-,69-,70-,71-,78?,82-,83-,84+,85?/m0/s1. The van der Waals surface area contributed by atoms with E-state index in [-0.39, 0.29) is 166 Å². The van der Waals surface area contributed by atoms with Gasteiger partial charge in [-0.1, -0.05) is 92.1 Å². The van der Waals surface area contributed by atoms with E-state index in [1.807, 2.05) is 97.8 Å². The lowest BCUT2D eigenvalue weighted by Crippen LogP contribution is -2.54. The Morgan fingerprint density at radius 3 is 1.98 bits per heavy atom. The van der Waals surface area contributed by atoms with Gasteiger partial charge in [0, 0.05) is 126 Å². The minimum absolute atomic E-state index is 0.00429. The van der Waals surface area contributed by atoms with Crippen molar-refractivity contribution >= 4 is 102 Å². The summed E-state index contributed by atoms with van der Waals surface area (Å²) in [7, 11) is 2.33. The van der Waals surface area contributed by atoms with Crippen LogP contribution in [0.25, 0.3) is 0 Å². The highest BCUT2D eigenvalue weighted by atomic mass is 32.2. The molecular formula is C88H128N8O20S4. The molecule has 3 saturated heterocycles. The Morgan fingerprint density at radius 2 is 1.37 bits per heavy atom. The number of likely N-dealkylation sites (tertiary alicyclic amines) is 1. The molecule has 664 valence electrons. The van der Waals surface area contributed by atoms with Crippen LogP contribution >= 0.6 is 23.5 Å². The van der Waals surface area contributed by atoms with Gasteiger partial charge in [0.2, 0.25) is 11.8 Å². The predicted octanol–water partition coefficient (Wildman–Crippen LogP) is 11.0. The third kappa shape index (κ3) is 24.1. The number of ketones is 3. The van der Waals surface area contributed by atoms with Crippen molar-refractivity contribution in [2.75, 3.05) is 112 Å². The van der Waals surface area contributed by atoms with Crippen molar-refractivity contribution in [3.63, 3.8) is 0 Å². The number of amides is 6. The Labute approximate surface area is 718 Å². The third-order valence-electron chi connectivity index (χ3n) is 25.1. The van der Waals surface area contributed by atoms with Crippen molar-refractivity contribution in [1.29, 1.82) is 0 Å². The van der Waals surface area contributed by atoms with Gasteiger partial charge in [0.15, 0.2) is 22.7 Å². The number of thioether (sulfide) groups is 2. The number of ether oxygens (including phenoxy) is 5. The van der Waals surface area contributed by atoms with Crippen molar-refractivity contribution in [2.24, 2.45) is 53.3 Å². The minimum atomic E-state index is -4.41. The second kappa shape index (κ2) is 43.8. The molecule has 3 aromatic carbocycles. The van der Waals surface area contributed by atoms with E-state index in [1.54, 1.807) is 77.8 Å². The summed E-state index contributed by atoms with van der Waals surface area (Å²) in [5.41, 5.74) is 2.88. The molecule has 6 aliphatic heterocycles. The molecule has 0 spiro atoms. The number of benzene rings is 3. The van der Waals surface area contributed by atoms with Crippen molar-refractivity contribution in [1.82, 2.24) is 34.5 Å². The van der Waals surface area contributed by atoms with Gasteiger partial charge in [-0.2, -0.15) is 16.8 Å². The SMILES string of the molecule is CCC(C)[C@@H](C(CC(=O)N1CCC[C@H]1[C@H](OC)[C@@H](C)C(=O)C[C@@H](Cc1ccccc1)C(=O)CCN1C(=O)/C=C/SCS/C=C/C(=O)N1CCC1C[C@H]2C(S(=O)(=O)OC)Nc3cc(OCCCCCOc4cc5c(cc4OC)C(=O)N4CC(C)C[C@H]4C(CS(=O)(=O)O)C5)c(C)cc3C(=O)N2C1)OC)N(C)C(=O)[C@@H](CC(=O)[C@H](C(C)C)N(C)C)C(C)C. The molecule has 15 atom stereocenters. The molecular weight excluding hydrogens is 1620 g/mol. The van der Waals surface area contributed by atoms with Crippen LogP contribution in [0.3, 0.4) is 0 Å². The number of nitrogens with zero attached hydrogens (tertiary/aromatic N) is 7. The molecule has 6 unspecified atom stereocenters. The number of carbonyl (C=O) groups excluding carboxylic acids is 9. The molecule has 0 aliphatic carbocycles. The van der Waals surface area contributed by atoms with E-state index in [2.05, 4.69) is 5.32 Å². The lowest BCUT2D eigenvalue weighted by molar-refractivity contribution is -0.158. The number of rotatable bonds is 42. The van der Waals surface area contributed by atoms with Gasteiger partial charge in [-0.25, -0.2) is 10.0 Å². The summed E-state index contributed by atoms with van der Waals surface area (Å²) >= 11 is 2.70. The zero-order valence-electron chi connectivity index (χ0n) is 72.8. The number of fused-ring (bicyclic) bond motifs is 4. The molecule has 3 aromatic rings. The Bertz CT molecular complexity index is 4390. The maximum absolute atomic E-state index is 15.1. The molecule has 32 heteroatoms. The first-order chi connectivity index (χ1) is 56.9. The summed E-state index contributed by atoms with van der Waals surface area (Å²) in [4.78, 5) is 140. The molecule has 6 aliphatic rings. The average Bonchev–Trinajstić information content (AvgIpc) is 1.60. The van der Waals surface area contributed by atoms with Crippen LogP contribution in [0.1, 0.15) is 176 Å². The lowest BCUT2D eigenvalue weighted by Gasteiger charge is -2.41. The number of aryl methyl sites for hydroxylation is 1. The molecule has 3 fully saturated rings. The van der Waals surface area contributed by atoms with Crippen LogP contribution in [0.4, 0.5) is 5.69 Å². The lowest BCUT2D eigenvalue weighted by atomic mass is 9.83. The Balaban J connectivity index is 0.845. The molecule has 0 radical (unpaired) electrons. The number of nitrogens with one attached hydrogen (secondary N) is 1. The van der Waals surface area contributed by atoms with E-state index in [0.29, 0.717) is 97.1 Å². The van der Waals surface area contributed by atoms with E-state index >= 15 is 9.59 Å². The summed E-state index contributed by atoms with van der Waals surface area (Å²) < 4.78 is 98.2. The van der Waals surface area contributed by atoms with Gasteiger partial charge in [-0.3, -0.25) is 56.8 Å². The molecule has 2 N–H and O–H groups in total. The number of anilines is 1. The molecule has 0 saturated carbocycles. The zero-order valence-corrected chi connectivity index (χ0v) is 76.0. The van der Waals surface area contributed by atoms with E-state index in [0.717, 1.165) is 12.7 Å². The van der Waals surface area contributed by atoms with Crippen LogP contribution < -0.4 is 19.5 Å². The van der Waals surface area contributed by atoms with E-state index in [4.69, 9.17) is 27.9 Å². The van der Waals surface area contributed by atoms with Crippen molar-refractivity contribution < 1.29 is 92.4 Å². The summed E-state index contributed by atoms with van der Waals surface area (Å²) in [6.45, 7) is 18.7. The van der Waals surface area contributed by atoms with Gasteiger partial charge in [-0.05, 0) is 166 Å². The molecule has 6 amide bonds. The second-order valence-corrected chi connectivity index (χ2v) is 39.8. The van der Waals surface area contributed by atoms with Crippen molar-refractivity contribution in [3.8, 4) is 17.2 Å². The maximum Gasteiger partial charge on any atom is 0.290 e. The van der Waals surface area contributed by atoms with Crippen molar-refractivity contribution in [2.45, 2.75) is 206 Å². The van der Waals surface area contributed by atoms with Crippen molar-refractivity contribution in [3.05, 3.63) is 105 Å². The number of unbranched alkanes of at least 4 members (excludes halogenated alkanes) is 2. The molecule has 6 heterocycles. The first-order valence-electron chi connectivity index (χ1n) is 42.3. The highest BCUT2D eigenvalue weighted by Crippen LogP contribution is 2.43.